The molecular weight excluding hydrogens is 424 g/mol. The first-order valence-corrected chi connectivity index (χ1v) is 10.5. The van der Waals surface area contributed by atoms with Crippen LogP contribution in [0.3, 0.4) is 0 Å². The van der Waals surface area contributed by atoms with E-state index in [0.717, 1.165) is 5.56 Å². The molecule has 0 aliphatic carbocycles. The van der Waals surface area contributed by atoms with Gasteiger partial charge in [-0.3, -0.25) is 4.79 Å². The molecule has 0 fully saturated rings. The molecule has 2 aliphatic heterocycles. The summed E-state index contributed by atoms with van der Waals surface area (Å²) in [6.07, 6.45) is -0.491. The quantitative estimate of drug-likeness (QED) is 0.675. The number of carbonyl (C=O) groups is 3. The van der Waals surface area contributed by atoms with Gasteiger partial charge in [-0.15, -0.1) is 0 Å². The number of allylic oxidation sites excluding steroid dienone is 1. The molecule has 1 atom stereocenters. The summed E-state index contributed by atoms with van der Waals surface area (Å²) in [6.45, 7) is 4.82. The van der Waals surface area contributed by atoms with Crippen molar-refractivity contribution in [2.75, 3.05) is 5.32 Å². The van der Waals surface area contributed by atoms with Crippen molar-refractivity contribution >= 4 is 23.5 Å². The minimum atomic E-state index is -1.87. The third kappa shape index (κ3) is 3.63. The van der Waals surface area contributed by atoms with Crippen molar-refractivity contribution in [3.63, 3.8) is 0 Å². The lowest BCUT2D eigenvalue weighted by atomic mass is 9.67. The van der Waals surface area contributed by atoms with Crippen molar-refractivity contribution in [3.8, 4) is 0 Å². The molecule has 2 aromatic carbocycles. The molecule has 170 valence electrons. The van der Waals surface area contributed by atoms with E-state index >= 15 is 0 Å². The Morgan fingerprint density at radius 1 is 1.03 bits per heavy atom. The van der Waals surface area contributed by atoms with Gasteiger partial charge in [-0.25, -0.2) is 9.59 Å². The standard InChI is InChI=1S/C25H24N2O6/c1-14(2)32-23(29)20-21(26)33-15(3)19(22(28)31-13-16-9-5-4-6-10-16)25(20)17-11-7-8-12-18(17)27-24(25)30/h4-12,14H,13,26H2,1-3H3,(H,27,30)/t25-/m1/s1. The van der Waals surface area contributed by atoms with Gasteiger partial charge in [-0.1, -0.05) is 48.5 Å². The van der Waals surface area contributed by atoms with E-state index in [1.807, 2.05) is 30.3 Å². The Morgan fingerprint density at radius 3 is 2.39 bits per heavy atom. The number of hydrogen-bond donors (Lipinski definition) is 2. The maximum Gasteiger partial charge on any atom is 0.341 e. The summed E-state index contributed by atoms with van der Waals surface area (Å²) in [5.41, 5.74) is 5.50. The number of hydrogen-bond acceptors (Lipinski definition) is 7. The molecule has 1 spiro atoms. The Labute approximate surface area is 191 Å². The first-order chi connectivity index (χ1) is 15.8. The number of amides is 1. The van der Waals surface area contributed by atoms with Gasteiger partial charge in [0.2, 0.25) is 11.8 Å². The number of fused-ring (bicyclic) bond motifs is 2. The Hall–Kier alpha value is -4.07. The summed E-state index contributed by atoms with van der Waals surface area (Å²) in [5.74, 6) is -2.50. The number of rotatable bonds is 5. The molecule has 1 amide bonds. The third-order valence-electron chi connectivity index (χ3n) is 5.50. The zero-order valence-electron chi connectivity index (χ0n) is 18.5. The second kappa shape index (κ2) is 8.46. The van der Waals surface area contributed by atoms with E-state index in [2.05, 4.69) is 5.32 Å². The van der Waals surface area contributed by atoms with E-state index in [1.54, 1.807) is 38.1 Å². The molecule has 0 saturated heterocycles. The van der Waals surface area contributed by atoms with Crippen LogP contribution in [0, 0.1) is 0 Å². The molecule has 2 aliphatic rings. The van der Waals surface area contributed by atoms with Crippen molar-refractivity contribution in [1.29, 1.82) is 0 Å². The highest BCUT2D eigenvalue weighted by Crippen LogP contribution is 2.52. The molecule has 0 saturated carbocycles. The van der Waals surface area contributed by atoms with Crippen LogP contribution in [-0.2, 0) is 40.6 Å². The van der Waals surface area contributed by atoms with E-state index in [0.29, 0.717) is 11.3 Å². The van der Waals surface area contributed by atoms with Crippen LogP contribution in [0.5, 0.6) is 0 Å². The lowest BCUT2D eigenvalue weighted by Crippen LogP contribution is -2.48. The van der Waals surface area contributed by atoms with Crippen molar-refractivity contribution in [1.82, 2.24) is 0 Å². The molecule has 8 nitrogen and oxygen atoms in total. The number of para-hydroxylation sites is 1. The fourth-order valence-corrected chi connectivity index (χ4v) is 4.21. The summed E-state index contributed by atoms with van der Waals surface area (Å²) in [4.78, 5) is 40.2. The van der Waals surface area contributed by atoms with Gasteiger partial charge in [0.25, 0.3) is 0 Å². The molecule has 0 unspecified atom stereocenters. The summed E-state index contributed by atoms with van der Waals surface area (Å²) in [6, 6.07) is 15.9. The second-order valence-corrected chi connectivity index (χ2v) is 8.04. The number of carbonyl (C=O) groups excluding carboxylic acids is 3. The van der Waals surface area contributed by atoms with E-state index in [1.165, 1.54) is 6.92 Å². The zero-order valence-corrected chi connectivity index (χ0v) is 18.5. The van der Waals surface area contributed by atoms with Gasteiger partial charge in [0, 0.05) is 11.3 Å². The molecule has 3 N–H and O–H groups in total. The van der Waals surface area contributed by atoms with Gasteiger partial charge >= 0.3 is 11.9 Å². The molecule has 2 heterocycles. The fourth-order valence-electron chi connectivity index (χ4n) is 4.21. The largest absolute Gasteiger partial charge is 0.459 e. The molecule has 2 aromatic rings. The number of nitrogens with two attached hydrogens (primary N) is 1. The zero-order chi connectivity index (χ0) is 23.8. The number of nitrogens with one attached hydrogen (secondary N) is 1. The Balaban J connectivity index is 1.86. The van der Waals surface area contributed by atoms with Crippen LogP contribution in [0.25, 0.3) is 0 Å². The summed E-state index contributed by atoms with van der Waals surface area (Å²) in [5, 5.41) is 2.76. The fraction of sp³-hybridized carbons (Fsp3) is 0.240. The Bertz CT molecular complexity index is 1200. The number of anilines is 1. The highest BCUT2D eigenvalue weighted by molar-refractivity contribution is 6.21. The normalized spacial score (nSPS) is 19.3. The molecule has 8 heteroatoms. The topological polar surface area (TPSA) is 117 Å². The Morgan fingerprint density at radius 2 is 1.70 bits per heavy atom. The van der Waals surface area contributed by atoms with Gasteiger partial charge in [0.15, 0.2) is 0 Å². The average molecular weight is 448 g/mol. The molecule has 0 bridgehead atoms. The SMILES string of the molecule is CC1=C(C(=O)OCc2ccccc2)[C@@]2(C(=O)Nc3ccccc32)C(C(=O)OC(C)C)=C(N)O1. The van der Waals surface area contributed by atoms with Crippen LogP contribution in [0.15, 0.2) is 77.4 Å². The highest BCUT2D eigenvalue weighted by atomic mass is 16.6. The first-order valence-electron chi connectivity index (χ1n) is 10.5. The number of esters is 2. The van der Waals surface area contributed by atoms with Crippen LogP contribution in [0.4, 0.5) is 5.69 Å². The minimum Gasteiger partial charge on any atom is -0.459 e. The third-order valence-corrected chi connectivity index (χ3v) is 5.50. The van der Waals surface area contributed by atoms with E-state index in [9.17, 15) is 14.4 Å². The van der Waals surface area contributed by atoms with Gasteiger partial charge in [0.1, 0.15) is 28.9 Å². The Kier molecular flexibility index (Phi) is 5.68. The monoisotopic (exact) mass is 448 g/mol. The molecular formula is C25H24N2O6. The predicted molar refractivity (Wildman–Crippen MR) is 119 cm³/mol. The van der Waals surface area contributed by atoms with Crippen molar-refractivity contribution in [3.05, 3.63) is 88.5 Å². The van der Waals surface area contributed by atoms with Crippen LogP contribution in [-0.4, -0.2) is 23.9 Å². The first kappa shape index (κ1) is 22.1. The van der Waals surface area contributed by atoms with Crippen molar-refractivity contribution < 1.29 is 28.6 Å². The summed E-state index contributed by atoms with van der Waals surface area (Å²) >= 11 is 0. The minimum absolute atomic E-state index is 0.0270. The van der Waals surface area contributed by atoms with E-state index in [4.69, 9.17) is 19.9 Å². The van der Waals surface area contributed by atoms with Crippen molar-refractivity contribution in [2.45, 2.75) is 38.9 Å². The average Bonchev–Trinajstić information content (AvgIpc) is 3.04. The molecule has 4 rings (SSSR count). The van der Waals surface area contributed by atoms with Crippen LogP contribution in [0.1, 0.15) is 31.9 Å². The maximum atomic E-state index is 13.6. The van der Waals surface area contributed by atoms with Gasteiger partial charge in [-0.05, 0) is 32.4 Å². The van der Waals surface area contributed by atoms with E-state index in [-0.39, 0.29) is 29.4 Å². The molecule has 0 aromatic heterocycles. The molecule has 33 heavy (non-hydrogen) atoms. The van der Waals surface area contributed by atoms with Crippen molar-refractivity contribution in [2.24, 2.45) is 5.73 Å². The number of benzene rings is 2. The number of ether oxygens (including phenoxy) is 3. The lowest BCUT2D eigenvalue weighted by Gasteiger charge is -2.35. The van der Waals surface area contributed by atoms with E-state index < -0.39 is 29.4 Å². The van der Waals surface area contributed by atoms with Gasteiger partial charge < -0.3 is 25.3 Å². The highest BCUT2D eigenvalue weighted by Gasteiger charge is 2.61. The van der Waals surface area contributed by atoms with Crippen LogP contribution < -0.4 is 11.1 Å². The smallest absolute Gasteiger partial charge is 0.341 e. The summed E-state index contributed by atoms with van der Waals surface area (Å²) in [7, 11) is 0. The molecule has 0 radical (unpaired) electrons. The van der Waals surface area contributed by atoms with Gasteiger partial charge in [0.05, 0.1) is 6.10 Å². The van der Waals surface area contributed by atoms with Crippen LogP contribution >= 0.6 is 0 Å². The van der Waals surface area contributed by atoms with Crippen LogP contribution in [0.2, 0.25) is 0 Å². The predicted octanol–water partition coefficient (Wildman–Crippen LogP) is 3.05. The van der Waals surface area contributed by atoms with Gasteiger partial charge in [-0.2, -0.15) is 0 Å². The second-order valence-electron chi connectivity index (χ2n) is 8.04. The lowest BCUT2D eigenvalue weighted by molar-refractivity contribution is -0.146. The maximum absolute atomic E-state index is 13.6. The summed E-state index contributed by atoms with van der Waals surface area (Å²) < 4.78 is 16.5.